The molecule has 1 aromatic heterocycles. The van der Waals surface area contributed by atoms with Crippen LogP contribution in [0.25, 0.3) is 11.3 Å². The minimum atomic E-state index is 0.688. The molecule has 0 bridgehead atoms. The molecule has 1 aromatic carbocycles. The molecule has 1 aliphatic carbocycles. The van der Waals surface area contributed by atoms with Crippen molar-refractivity contribution in [3.05, 3.63) is 36.4 Å². The largest absolute Gasteiger partial charge is 0.443 e. The molecule has 94 valence electrons. The number of aromatic nitrogens is 1. The average Bonchev–Trinajstić information content (AvgIpc) is 3.14. The van der Waals surface area contributed by atoms with Crippen molar-refractivity contribution < 1.29 is 4.42 Å². The highest BCUT2D eigenvalue weighted by Crippen LogP contribution is 2.26. The molecule has 1 saturated carbocycles. The van der Waals surface area contributed by atoms with Crippen LogP contribution < -0.4 is 5.32 Å². The normalized spacial score (nSPS) is 14.9. The monoisotopic (exact) mass is 260 g/mol. The summed E-state index contributed by atoms with van der Waals surface area (Å²) in [5, 5.41) is 3.47. The maximum atomic E-state index is 5.52. The number of oxazole rings is 1. The second kappa shape index (κ2) is 5.16. The van der Waals surface area contributed by atoms with Gasteiger partial charge in [-0.25, -0.2) is 4.98 Å². The summed E-state index contributed by atoms with van der Waals surface area (Å²) in [7, 11) is 0. The average molecular weight is 260 g/mol. The first kappa shape index (κ1) is 11.8. The second-order valence-corrected chi connectivity index (χ2v) is 5.39. The zero-order valence-corrected chi connectivity index (χ0v) is 11.2. The molecule has 0 aliphatic heterocycles. The van der Waals surface area contributed by atoms with Gasteiger partial charge in [0.2, 0.25) is 0 Å². The summed E-state index contributed by atoms with van der Waals surface area (Å²) in [6.07, 6.45) is 6.18. The van der Waals surface area contributed by atoms with Crippen molar-refractivity contribution in [2.45, 2.75) is 30.3 Å². The third kappa shape index (κ3) is 2.60. The fourth-order valence-corrected chi connectivity index (χ4v) is 2.31. The molecule has 18 heavy (non-hydrogen) atoms. The highest BCUT2D eigenvalue weighted by Gasteiger charge is 2.21. The molecule has 1 N–H and O–H groups in total. The zero-order valence-electron chi connectivity index (χ0n) is 10.3. The standard InChI is InChI=1S/C14H16N2OS/c1-18-12-6-2-10(3-7-12)14-13(16-9-17-14)8-15-11-4-5-11/h2-3,6-7,9,11,15H,4-5,8H2,1H3. The maximum absolute atomic E-state index is 5.52. The van der Waals surface area contributed by atoms with Crippen molar-refractivity contribution in [3.63, 3.8) is 0 Å². The van der Waals surface area contributed by atoms with Gasteiger partial charge in [-0.1, -0.05) is 12.1 Å². The zero-order chi connectivity index (χ0) is 12.4. The first-order valence-electron chi connectivity index (χ1n) is 6.17. The van der Waals surface area contributed by atoms with Crippen LogP contribution in [0, 0.1) is 0 Å². The lowest BCUT2D eigenvalue weighted by Gasteiger charge is -2.03. The third-order valence-corrected chi connectivity index (χ3v) is 3.87. The van der Waals surface area contributed by atoms with Gasteiger partial charge >= 0.3 is 0 Å². The van der Waals surface area contributed by atoms with Gasteiger partial charge in [-0.15, -0.1) is 11.8 Å². The highest BCUT2D eigenvalue weighted by molar-refractivity contribution is 7.98. The van der Waals surface area contributed by atoms with E-state index in [2.05, 4.69) is 40.8 Å². The van der Waals surface area contributed by atoms with E-state index in [-0.39, 0.29) is 0 Å². The van der Waals surface area contributed by atoms with Crippen LogP contribution in [0.1, 0.15) is 18.5 Å². The second-order valence-electron chi connectivity index (χ2n) is 4.51. The van der Waals surface area contributed by atoms with Gasteiger partial charge in [0.25, 0.3) is 0 Å². The molecule has 2 aromatic rings. The van der Waals surface area contributed by atoms with E-state index < -0.39 is 0 Å². The molecule has 3 rings (SSSR count). The molecule has 1 fully saturated rings. The number of rotatable bonds is 5. The Morgan fingerprint density at radius 1 is 1.33 bits per heavy atom. The van der Waals surface area contributed by atoms with Gasteiger partial charge < -0.3 is 9.73 Å². The summed E-state index contributed by atoms with van der Waals surface area (Å²) in [4.78, 5) is 5.56. The number of hydrogen-bond acceptors (Lipinski definition) is 4. The number of benzene rings is 1. The Balaban J connectivity index is 1.78. The van der Waals surface area contributed by atoms with Gasteiger partial charge in [0, 0.05) is 23.0 Å². The first-order valence-corrected chi connectivity index (χ1v) is 7.39. The molecular weight excluding hydrogens is 244 g/mol. The van der Waals surface area contributed by atoms with E-state index in [4.69, 9.17) is 4.42 Å². The van der Waals surface area contributed by atoms with Crippen LogP contribution in [0.2, 0.25) is 0 Å². The van der Waals surface area contributed by atoms with Gasteiger partial charge in [0.05, 0.1) is 0 Å². The Kier molecular flexibility index (Phi) is 3.39. The van der Waals surface area contributed by atoms with Crippen LogP contribution in [0.3, 0.4) is 0 Å². The van der Waals surface area contributed by atoms with Crippen LogP contribution >= 0.6 is 11.8 Å². The van der Waals surface area contributed by atoms with Gasteiger partial charge in [-0.05, 0) is 31.2 Å². The molecule has 0 amide bonds. The van der Waals surface area contributed by atoms with Crippen molar-refractivity contribution in [3.8, 4) is 11.3 Å². The summed E-state index contributed by atoms with van der Waals surface area (Å²) in [6.45, 7) is 0.792. The molecule has 3 nitrogen and oxygen atoms in total. The molecule has 1 heterocycles. The van der Waals surface area contributed by atoms with Gasteiger partial charge in [0.15, 0.2) is 12.2 Å². The van der Waals surface area contributed by atoms with Crippen LogP contribution in [-0.4, -0.2) is 17.3 Å². The predicted octanol–water partition coefficient (Wildman–Crippen LogP) is 3.32. The Morgan fingerprint density at radius 2 is 2.11 bits per heavy atom. The number of hydrogen-bond donors (Lipinski definition) is 1. The Hall–Kier alpha value is -1.26. The van der Waals surface area contributed by atoms with Crippen molar-refractivity contribution in [2.75, 3.05) is 6.26 Å². The molecule has 0 atom stereocenters. The molecule has 1 aliphatic rings. The van der Waals surface area contributed by atoms with E-state index in [0.717, 1.165) is 23.6 Å². The summed E-state index contributed by atoms with van der Waals surface area (Å²) in [5.74, 6) is 0.885. The lowest BCUT2D eigenvalue weighted by atomic mass is 10.1. The van der Waals surface area contributed by atoms with E-state index in [1.807, 2.05) is 0 Å². The summed E-state index contributed by atoms with van der Waals surface area (Å²) < 4.78 is 5.52. The predicted molar refractivity (Wildman–Crippen MR) is 73.6 cm³/mol. The van der Waals surface area contributed by atoms with Crippen LogP contribution in [0.15, 0.2) is 40.0 Å². The molecule has 0 unspecified atom stereocenters. The maximum Gasteiger partial charge on any atom is 0.181 e. The number of nitrogens with one attached hydrogen (secondary N) is 1. The minimum absolute atomic E-state index is 0.688. The first-order chi connectivity index (χ1) is 8.86. The van der Waals surface area contributed by atoms with E-state index in [1.54, 1.807) is 11.8 Å². The Bertz CT molecular complexity index is 517. The third-order valence-electron chi connectivity index (χ3n) is 3.13. The van der Waals surface area contributed by atoms with Crippen molar-refractivity contribution in [2.24, 2.45) is 0 Å². The highest BCUT2D eigenvalue weighted by atomic mass is 32.2. The van der Waals surface area contributed by atoms with Crippen molar-refractivity contribution >= 4 is 11.8 Å². The van der Waals surface area contributed by atoms with E-state index >= 15 is 0 Å². The fourth-order valence-electron chi connectivity index (χ4n) is 1.90. The molecular formula is C14H16N2OS. The van der Waals surface area contributed by atoms with E-state index in [9.17, 15) is 0 Å². The van der Waals surface area contributed by atoms with Gasteiger partial charge in [-0.2, -0.15) is 0 Å². The lowest BCUT2D eigenvalue weighted by Crippen LogP contribution is -2.15. The Labute approximate surface area is 111 Å². The van der Waals surface area contributed by atoms with Gasteiger partial charge in [0.1, 0.15) is 5.69 Å². The quantitative estimate of drug-likeness (QED) is 0.837. The summed E-state index contributed by atoms with van der Waals surface area (Å²) in [5.41, 5.74) is 2.09. The van der Waals surface area contributed by atoms with Crippen LogP contribution in [-0.2, 0) is 6.54 Å². The summed E-state index contributed by atoms with van der Waals surface area (Å²) in [6, 6.07) is 9.09. The van der Waals surface area contributed by atoms with Gasteiger partial charge in [-0.3, -0.25) is 0 Å². The SMILES string of the molecule is CSc1ccc(-c2ocnc2CNC2CC2)cc1. The number of nitrogens with zero attached hydrogens (tertiary/aromatic N) is 1. The van der Waals surface area contributed by atoms with Crippen molar-refractivity contribution in [1.82, 2.24) is 10.3 Å². The lowest BCUT2D eigenvalue weighted by molar-refractivity contribution is 0.569. The number of thioether (sulfide) groups is 1. The van der Waals surface area contributed by atoms with E-state index in [0.29, 0.717) is 6.04 Å². The molecule has 0 saturated heterocycles. The summed E-state index contributed by atoms with van der Waals surface area (Å²) >= 11 is 1.74. The smallest absolute Gasteiger partial charge is 0.181 e. The van der Waals surface area contributed by atoms with E-state index in [1.165, 1.54) is 24.1 Å². The molecule has 0 spiro atoms. The fraction of sp³-hybridized carbons (Fsp3) is 0.357. The Morgan fingerprint density at radius 3 is 2.78 bits per heavy atom. The van der Waals surface area contributed by atoms with Crippen molar-refractivity contribution in [1.29, 1.82) is 0 Å². The molecule has 0 radical (unpaired) electrons. The van der Waals surface area contributed by atoms with Crippen LogP contribution in [0.4, 0.5) is 0 Å². The topological polar surface area (TPSA) is 38.1 Å². The minimum Gasteiger partial charge on any atom is -0.443 e. The molecule has 4 heteroatoms. The van der Waals surface area contributed by atoms with Crippen LogP contribution in [0.5, 0.6) is 0 Å².